The van der Waals surface area contributed by atoms with E-state index in [-0.39, 0.29) is 37.8 Å². The average Bonchev–Trinajstić information content (AvgIpc) is 2.13. The van der Waals surface area contributed by atoms with Crippen molar-refractivity contribution in [1.29, 1.82) is 0 Å². The van der Waals surface area contributed by atoms with Crippen molar-refractivity contribution < 1.29 is 19.1 Å². The van der Waals surface area contributed by atoms with Gasteiger partial charge in [-0.15, -0.1) is 23.2 Å². The van der Waals surface area contributed by atoms with E-state index in [1.807, 2.05) is 0 Å². The molecule has 14 heavy (non-hydrogen) atoms. The zero-order valence-electron chi connectivity index (χ0n) is 7.63. The van der Waals surface area contributed by atoms with Crippen molar-refractivity contribution >= 4 is 35.1 Å². The first-order valence-corrected chi connectivity index (χ1v) is 5.20. The van der Waals surface area contributed by atoms with Gasteiger partial charge in [0, 0.05) is 11.8 Å². The third-order valence-corrected chi connectivity index (χ3v) is 1.58. The molecule has 4 nitrogen and oxygen atoms in total. The predicted octanol–water partition coefficient (Wildman–Crippen LogP) is 1.33. The molecule has 82 valence electrons. The molecule has 0 fully saturated rings. The van der Waals surface area contributed by atoms with Gasteiger partial charge in [-0.25, -0.2) is 0 Å². The van der Waals surface area contributed by atoms with E-state index in [1.54, 1.807) is 0 Å². The lowest BCUT2D eigenvalue weighted by Gasteiger charge is -2.04. The normalized spacial score (nSPS) is 9.57. The van der Waals surface area contributed by atoms with Crippen LogP contribution >= 0.6 is 23.2 Å². The Kier molecular flexibility index (Phi) is 8.78. The second-order valence-corrected chi connectivity index (χ2v) is 3.07. The van der Waals surface area contributed by atoms with E-state index in [9.17, 15) is 9.59 Å². The SMILES string of the molecule is O=C(CCCl)OCCOC(=O)CCCl. The van der Waals surface area contributed by atoms with Crippen LogP contribution in [-0.2, 0) is 19.1 Å². The third-order valence-electron chi connectivity index (χ3n) is 1.21. The first-order valence-electron chi connectivity index (χ1n) is 4.14. The summed E-state index contributed by atoms with van der Waals surface area (Å²) in [4.78, 5) is 21.5. The largest absolute Gasteiger partial charge is 0.462 e. The van der Waals surface area contributed by atoms with Crippen molar-refractivity contribution in [3.8, 4) is 0 Å². The second-order valence-electron chi connectivity index (χ2n) is 2.32. The molecule has 0 unspecified atom stereocenters. The van der Waals surface area contributed by atoms with Crippen LogP contribution in [0.1, 0.15) is 12.8 Å². The predicted molar refractivity (Wildman–Crippen MR) is 52.6 cm³/mol. The maximum Gasteiger partial charge on any atom is 0.307 e. The summed E-state index contributed by atoms with van der Waals surface area (Å²) < 4.78 is 9.35. The Hall–Kier alpha value is -0.480. The van der Waals surface area contributed by atoms with Gasteiger partial charge in [0.2, 0.25) is 0 Å². The molecule has 6 heteroatoms. The van der Waals surface area contributed by atoms with Gasteiger partial charge in [-0.05, 0) is 0 Å². The lowest BCUT2D eigenvalue weighted by Crippen LogP contribution is -2.14. The number of halogens is 2. The molecule has 0 rings (SSSR count). The van der Waals surface area contributed by atoms with Gasteiger partial charge in [0.25, 0.3) is 0 Å². The molecule has 0 aromatic rings. The van der Waals surface area contributed by atoms with Gasteiger partial charge in [0.15, 0.2) is 0 Å². The first kappa shape index (κ1) is 13.5. The molecule has 0 amide bonds. The Balaban J connectivity index is 3.28. The van der Waals surface area contributed by atoms with E-state index in [2.05, 4.69) is 9.47 Å². The van der Waals surface area contributed by atoms with Crippen LogP contribution in [0.5, 0.6) is 0 Å². The van der Waals surface area contributed by atoms with E-state index in [4.69, 9.17) is 23.2 Å². The number of ether oxygens (including phenoxy) is 2. The number of rotatable bonds is 7. The van der Waals surface area contributed by atoms with Crippen molar-refractivity contribution in [3.63, 3.8) is 0 Å². The van der Waals surface area contributed by atoms with E-state index in [0.29, 0.717) is 0 Å². The minimum Gasteiger partial charge on any atom is -0.462 e. The lowest BCUT2D eigenvalue weighted by molar-refractivity contribution is -0.151. The molecule has 0 saturated carbocycles. The highest BCUT2D eigenvalue weighted by atomic mass is 35.5. The van der Waals surface area contributed by atoms with Gasteiger partial charge in [0.05, 0.1) is 12.8 Å². The molecule has 0 N–H and O–H groups in total. The van der Waals surface area contributed by atoms with Crippen molar-refractivity contribution in [3.05, 3.63) is 0 Å². The molecule has 0 heterocycles. The van der Waals surface area contributed by atoms with Gasteiger partial charge in [-0.2, -0.15) is 0 Å². The molecule has 0 atom stereocenters. The highest BCUT2D eigenvalue weighted by molar-refractivity contribution is 6.19. The summed E-state index contributed by atoms with van der Waals surface area (Å²) in [6, 6.07) is 0. The van der Waals surface area contributed by atoms with Crippen LogP contribution in [0.2, 0.25) is 0 Å². The Bertz CT molecular complexity index is 164. The number of hydrogen-bond donors (Lipinski definition) is 0. The van der Waals surface area contributed by atoms with Gasteiger partial charge in [0.1, 0.15) is 13.2 Å². The standard InChI is InChI=1S/C8H12Cl2O4/c9-3-1-7(11)13-5-6-14-8(12)2-4-10/h1-6H2. The first-order chi connectivity index (χ1) is 6.70. The minimum atomic E-state index is -0.395. The summed E-state index contributed by atoms with van der Waals surface area (Å²) in [6.07, 6.45) is 0.328. The smallest absolute Gasteiger partial charge is 0.307 e. The Labute approximate surface area is 92.5 Å². The fourth-order valence-electron chi connectivity index (χ4n) is 0.610. The fraction of sp³-hybridized carbons (Fsp3) is 0.750. The number of carbonyl (C=O) groups is 2. The van der Waals surface area contributed by atoms with Crippen molar-refractivity contribution in [1.82, 2.24) is 0 Å². The van der Waals surface area contributed by atoms with Crippen molar-refractivity contribution in [2.24, 2.45) is 0 Å². The lowest BCUT2D eigenvalue weighted by atomic mass is 10.5. The van der Waals surface area contributed by atoms with Crippen LogP contribution in [-0.4, -0.2) is 36.9 Å². The summed E-state index contributed by atoms with van der Waals surface area (Å²) in [6.45, 7) is 0.119. The maximum absolute atomic E-state index is 10.7. The zero-order valence-corrected chi connectivity index (χ0v) is 9.14. The quantitative estimate of drug-likeness (QED) is 0.384. The number of hydrogen-bond acceptors (Lipinski definition) is 4. The van der Waals surface area contributed by atoms with Crippen LogP contribution in [0.25, 0.3) is 0 Å². The number of carbonyl (C=O) groups excluding carboxylic acids is 2. The molecule has 0 aliphatic heterocycles. The molecular weight excluding hydrogens is 231 g/mol. The molecule has 0 aromatic heterocycles. The van der Waals surface area contributed by atoms with Gasteiger partial charge >= 0.3 is 11.9 Å². The van der Waals surface area contributed by atoms with Gasteiger partial charge in [-0.1, -0.05) is 0 Å². The second kappa shape index (κ2) is 9.09. The summed E-state index contributed by atoms with van der Waals surface area (Å²) in [5.74, 6) is -0.336. The average molecular weight is 243 g/mol. The summed E-state index contributed by atoms with van der Waals surface area (Å²) in [5.41, 5.74) is 0. The molecule has 0 aliphatic rings. The zero-order chi connectivity index (χ0) is 10.8. The molecular formula is C8H12Cl2O4. The molecule has 0 radical (unpaired) electrons. The molecule has 0 aromatic carbocycles. The van der Waals surface area contributed by atoms with Crippen LogP contribution in [0, 0.1) is 0 Å². The van der Waals surface area contributed by atoms with Gasteiger partial charge in [-0.3, -0.25) is 9.59 Å². The number of alkyl halides is 2. The van der Waals surface area contributed by atoms with Crippen molar-refractivity contribution in [2.75, 3.05) is 25.0 Å². The topological polar surface area (TPSA) is 52.6 Å². The molecule has 0 bridgehead atoms. The highest BCUT2D eigenvalue weighted by Crippen LogP contribution is 1.92. The van der Waals surface area contributed by atoms with E-state index in [0.717, 1.165) is 0 Å². The van der Waals surface area contributed by atoms with E-state index in [1.165, 1.54) is 0 Å². The summed E-state index contributed by atoms with van der Waals surface area (Å²) in [5, 5.41) is 0. The summed E-state index contributed by atoms with van der Waals surface area (Å²) in [7, 11) is 0. The molecule has 0 spiro atoms. The summed E-state index contributed by atoms with van der Waals surface area (Å²) >= 11 is 10.6. The van der Waals surface area contributed by atoms with Gasteiger partial charge < -0.3 is 9.47 Å². The Morgan fingerprint density at radius 1 is 0.857 bits per heavy atom. The fourth-order valence-corrected chi connectivity index (χ4v) is 0.918. The van der Waals surface area contributed by atoms with Crippen LogP contribution in [0.15, 0.2) is 0 Å². The highest BCUT2D eigenvalue weighted by Gasteiger charge is 2.03. The van der Waals surface area contributed by atoms with E-state index >= 15 is 0 Å². The number of esters is 2. The monoisotopic (exact) mass is 242 g/mol. The van der Waals surface area contributed by atoms with Crippen molar-refractivity contribution in [2.45, 2.75) is 12.8 Å². The maximum atomic E-state index is 10.7. The molecule has 0 aliphatic carbocycles. The van der Waals surface area contributed by atoms with Crippen LogP contribution in [0.4, 0.5) is 0 Å². The molecule has 0 saturated heterocycles. The van der Waals surface area contributed by atoms with Crippen LogP contribution in [0.3, 0.4) is 0 Å². The third kappa shape index (κ3) is 8.13. The Morgan fingerprint density at radius 2 is 1.21 bits per heavy atom. The van der Waals surface area contributed by atoms with Crippen LogP contribution < -0.4 is 0 Å². The Morgan fingerprint density at radius 3 is 1.50 bits per heavy atom. The van der Waals surface area contributed by atoms with E-state index < -0.39 is 11.9 Å². The minimum absolute atomic E-state index is 0.0593.